The minimum atomic E-state index is -4.53. The summed E-state index contributed by atoms with van der Waals surface area (Å²) in [6.07, 6.45) is -4.13. The van der Waals surface area contributed by atoms with E-state index in [1.165, 1.54) is 12.1 Å². The van der Waals surface area contributed by atoms with E-state index in [-0.39, 0.29) is 12.1 Å². The summed E-state index contributed by atoms with van der Waals surface area (Å²) in [6.45, 7) is 1.93. The van der Waals surface area contributed by atoms with Gasteiger partial charge in [0.25, 0.3) is 0 Å². The fraction of sp³-hybridized carbons (Fsp3) is 0.263. The van der Waals surface area contributed by atoms with Crippen LogP contribution in [-0.4, -0.2) is 11.8 Å². The first kappa shape index (κ1) is 17.2. The number of hydrogen-bond acceptors (Lipinski definition) is 2. The van der Waals surface area contributed by atoms with Gasteiger partial charge in [0.1, 0.15) is 0 Å². The summed E-state index contributed by atoms with van der Waals surface area (Å²) in [5.41, 5.74) is 1.06. The molecule has 0 bridgehead atoms. The molecule has 130 valence electrons. The van der Waals surface area contributed by atoms with Crippen molar-refractivity contribution in [1.29, 1.82) is 0 Å². The zero-order valence-corrected chi connectivity index (χ0v) is 13.5. The first-order chi connectivity index (χ1) is 11.8. The smallest absolute Gasteiger partial charge is 0.274 e. The van der Waals surface area contributed by atoms with E-state index in [4.69, 9.17) is 0 Å². The van der Waals surface area contributed by atoms with E-state index in [1.807, 2.05) is 31.2 Å². The molecular formula is C19H16F3NO2. The van der Waals surface area contributed by atoms with Gasteiger partial charge in [0.2, 0.25) is 11.8 Å². The molecule has 3 rings (SSSR count). The monoisotopic (exact) mass is 347 g/mol. The first-order valence-corrected chi connectivity index (χ1v) is 7.85. The topological polar surface area (TPSA) is 37.4 Å². The van der Waals surface area contributed by atoms with Crippen LogP contribution in [0.5, 0.6) is 0 Å². The Balaban J connectivity index is 1.84. The number of amides is 2. The fourth-order valence-corrected chi connectivity index (χ4v) is 3.07. The molecule has 1 saturated heterocycles. The van der Waals surface area contributed by atoms with Crippen LogP contribution in [0.1, 0.15) is 23.1 Å². The van der Waals surface area contributed by atoms with Gasteiger partial charge in [-0.1, -0.05) is 35.9 Å². The maximum Gasteiger partial charge on any atom is 0.416 e. The molecule has 2 amide bonds. The van der Waals surface area contributed by atoms with Gasteiger partial charge in [-0.05, 0) is 37.1 Å². The van der Waals surface area contributed by atoms with E-state index in [1.54, 1.807) is 0 Å². The molecule has 1 aliphatic rings. The van der Waals surface area contributed by atoms with Crippen LogP contribution in [0.15, 0.2) is 48.5 Å². The largest absolute Gasteiger partial charge is 0.416 e. The van der Waals surface area contributed by atoms with Crippen LogP contribution < -0.4 is 4.90 Å². The van der Waals surface area contributed by atoms with Crippen molar-refractivity contribution in [2.45, 2.75) is 25.9 Å². The second kappa shape index (κ2) is 6.35. The summed E-state index contributed by atoms with van der Waals surface area (Å²) in [5, 5.41) is 0. The van der Waals surface area contributed by atoms with Crippen molar-refractivity contribution in [2.24, 2.45) is 5.92 Å². The van der Waals surface area contributed by atoms with Crippen molar-refractivity contribution >= 4 is 17.5 Å². The summed E-state index contributed by atoms with van der Waals surface area (Å²) in [6, 6.07) is 11.9. The summed E-state index contributed by atoms with van der Waals surface area (Å²) in [5.74, 6) is -1.48. The predicted molar refractivity (Wildman–Crippen MR) is 86.9 cm³/mol. The van der Waals surface area contributed by atoms with Crippen molar-refractivity contribution in [1.82, 2.24) is 0 Å². The third-order valence-electron chi connectivity index (χ3n) is 4.24. The molecule has 1 aliphatic heterocycles. The van der Waals surface area contributed by atoms with Gasteiger partial charge in [0, 0.05) is 6.42 Å². The highest BCUT2D eigenvalue weighted by molar-refractivity contribution is 6.21. The number of benzene rings is 2. The molecule has 0 spiro atoms. The van der Waals surface area contributed by atoms with Crippen LogP contribution in [0.25, 0.3) is 0 Å². The zero-order chi connectivity index (χ0) is 18.2. The summed E-state index contributed by atoms with van der Waals surface area (Å²) in [4.78, 5) is 25.7. The van der Waals surface area contributed by atoms with Gasteiger partial charge in [-0.25, -0.2) is 0 Å². The Labute approximate surface area is 143 Å². The lowest BCUT2D eigenvalue weighted by Crippen LogP contribution is -2.31. The predicted octanol–water partition coefficient (Wildman–Crippen LogP) is 4.14. The van der Waals surface area contributed by atoms with Crippen LogP contribution in [0.2, 0.25) is 0 Å². The highest BCUT2D eigenvalue weighted by atomic mass is 19.4. The Kier molecular flexibility index (Phi) is 4.37. The van der Waals surface area contributed by atoms with E-state index in [9.17, 15) is 22.8 Å². The van der Waals surface area contributed by atoms with Gasteiger partial charge in [0.15, 0.2) is 0 Å². The molecule has 1 heterocycles. The Morgan fingerprint density at radius 1 is 1.08 bits per heavy atom. The average molecular weight is 347 g/mol. The molecule has 0 aromatic heterocycles. The molecule has 6 heteroatoms. The molecule has 0 radical (unpaired) electrons. The van der Waals surface area contributed by atoms with Crippen molar-refractivity contribution < 1.29 is 22.8 Å². The highest BCUT2D eigenvalue weighted by Gasteiger charge is 2.40. The standard InChI is InChI=1S/C19H16F3NO2/c1-12-4-2-5-13(8-12)9-14-10-17(24)23(18(14)25)16-7-3-6-15(11-16)19(20,21)22/h2-8,11,14H,9-10H2,1H3. The Hall–Kier alpha value is -2.63. The molecule has 1 atom stereocenters. The Bertz CT molecular complexity index is 829. The van der Waals surface area contributed by atoms with Gasteiger partial charge < -0.3 is 0 Å². The Morgan fingerprint density at radius 3 is 2.48 bits per heavy atom. The highest BCUT2D eigenvalue weighted by Crippen LogP contribution is 2.34. The second-order valence-electron chi connectivity index (χ2n) is 6.21. The number of hydrogen-bond donors (Lipinski definition) is 0. The number of alkyl halides is 3. The molecule has 25 heavy (non-hydrogen) atoms. The zero-order valence-electron chi connectivity index (χ0n) is 13.5. The molecule has 2 aromatic rings. The van der Waals surface area contributed by atoms with E-state index in [0.29, 0.717) is 6.42 Å². The van der Waals surface area contributed by atoms with Crippen LogP contribution in [0.4, 0.5) is 18.9 Å². The number of rotatable bonds is 3. The second-order valence-corrected chi connectivity index (χ2v) is 6.21. The lowest BCUT2D eigenvalue weighted by Gasteiger charge is -2.17. The van der Waals surface area contributed by atoms with Gasteiger partial charge in [0.05, 0.1) is 17.2 Å². The van der Waals surface area contributed by atoms with Gasteiger partial charge >= 0.3 is 6.18 Å². The maximum atomic E-state index is 12.9. The Morgan fingerprint density at radius 2 is 1.80 bits per heavy atom. The third kappa shape index (κ3) is 3.57. The van der Waals surface area contributed by atoms with E-state index in [2.05, 4.69) is 0 Å². The number of imide groups is 1. The van der Waals surface area contributed by atoms with Crippen LogP contribution in [0, 0.1) is 12.8 Å². The summed E-state index contributed by atoms with van der Waals surface area (Å²) < 4.78 is 38.6. The minimum Gasteiger partial charge on any atom is -0.274 e. The van der Waals surface area contributed by atoms with Crippen LogP contribution in [0.3, 0.4) is 0 Å². The quantitative estimate of drug-likeness (QED) is 0.783. The number of aryl methyl sites for hydroxylation is 1. The normalized spacial score (nSPS) is 18.1. The van der Waals surface area contributed by atoms with Gasteiger partial charge in [-0.3, -0.25) is 14.5 Å². The van der Waals surface area contributed by atoms with E-state index in [0.717, 1.165) is 28.2 Å². The number of carbonyl (C=O) groups excluding carboxylic acids is 2. The van der Waals surface area contributed by atoms with Gasteiger partial charge in [-0.15, -0.1) is 0 Å². The third-order valence-corrected chi connectivity index (χ3v) is 4.24. The minimum absolute atomic E-state index is 0.00300. The van der Waals surface area contributed by atoms with Crippen molar-refractivity contribution in [3.05, 3.63) is 65.2 Å². The molecule has 2 aromatic carbocycles. The van der Waals surface area contributed by atoms with Crippen molar-refractivity contribution in [3.63, 3.8) is 0 Å². The first-order valence-electron chi connectivity index (χ1n) is 7.85. The average Bonchev–Trinajstić information content (AvgIpc) is 2.81. The van der Waals surface area contributed by atoms with E-state index >= 15 is 0 Å². The molecule has 0 aliphatic carbocycles. The van der Waals surface area contributed by atoms with E-state index < -0.39 is 29.5 Å². The summed E-state index contributed by atoms with van der Waals surface area (Å²) in [7, 11) is 0. The van der Waals surface area contributed by atoms with Crippen molar-refractivity contribution in [3.8, 4) is 0 Å². The van der Waals surface area contributed by atoms with Crippen molar-refractivity contribution in [2.75, 3.05) is 4.90 Å². The van der Waals surface area contributed by atoms with Crippen LogP contribution >= 0.6 is 0 Å². The molecule has 3 nitrogen and oxygen atoms in total. The fourth-order valence-electron chi connectivity index (χ4n) is 3.07. The lowest BCUT2D eigenvalue weighted by atomic mass is 9.97. The SMILES string of the molecule is Cc1cccc(CC2CC(=O)N(c3cccc(C(F)(F)F)c3)C2=O)c1. The molecule has 0 N–H and O–H groups in total. The number of carbonyl (C=O) groups is 2. The molecular weight excluding hydrogens is 331 g/mol. The maximum absolute atomic E-state index is 12.9. The summed E-state index contributed by atoms with van der Waals surface area (Å²) >= 11 is 0. The number of halogens is 3. The number of anilines is 1. The lowest BCUT2D eigenvalue weighted by molar-refractivity contribution is -0.137. The number of nitrogens with zero attached hydrogens (tertiary/aromatic N) is 1. The molecule has 1 fully saturated rings. The molecule has 0 saturated carbocycles. The molecule has 1 unspecified atom stereocenters. The van der Waals surface area contributed by atoms with Crippen LogP contribution in [-0.2, 0) is 22.2 Å². The van der Waals surface area contributed by atoms with Gasteiger partial charge in [-0.2, -0.15) is 13.2 Å².